The number of halogens is 1. The Morgan fingerprint density at radius 3 is 2.41 bits per heavy atom. The number of carbonyl (C=O) groups excluding carboxylic acids is 1. The Morgan fingerprint density at radius 1 is 1.04 bits per heavy atom. The molecule has 0 aromatic heterocycles. The second kappa shape index (κ2) is 8.66. The van der Waals surface area contributed by atoms with E-state index in [0.717, 1.165) is 37.7 Å². The van der Waals surface area contributed by atoms with E-state index in [9.17, 15) is 14.0 Å². The Labute approximate surface area is 157 Å². The second-order valence-corrected chi connectivity index (χ2v) is 6.87. The maximum Gasteiger partial charge on any atom is 0.335 e. The fourth-order valence-corrected chi connectivity index (χ4v) is 3.30. The Bertz CT molecular complexity index is 815. The summed E-state index contributed by atoms with van der Waals surface area (Å²) in [7, 11) is 0. The lowest BCUT2D eigenvalue weighted by Gasteiger charge is -2.21. The van der Waals surface area contributed by atoms with Crippen molar-refractivity contribution in [2.75, 3.05) is 10.6 Å². The van der Waals surface area contributed by atoms with Gasteiger partial charge in [-0.25, -0.2) is 9.18 Å². The first-order chi connectivity index (χ1) is 13.0. The third-order valence-corrected chi connectivity index (χ3v) is 4.90. The standard InChI is InChI=1S/C21H23FN2O3/c22-18-11-10-17(23-13-14-6-8-16(9-7-14)21(26)27)12-19(18)24-20(25)15-4-2-1-3-5-15/h6-12,15,23H,1-5,13H2,(H,24,25)(H,26,27). The number of aromatic carboxylic acids is 1. The van der Waals surface area contributed by atoms with Crippen molar-refractivity contribution < 1.29 is 19.1 Å². The zero-order valence-corrected chi connectivity index (χ0v) is 15.0. The topological polar surface area (TPSA) is 78.4 Å². The smallest absolute Gasteiger partial charge is 0.335 e. The lowest BCUT2D eigenvalue weighted by Crippen LogP contribution is -2.25. The van der Waals surface area contributed by atoms with Gasteiger partial charge in [-0.05, 0) is 48.7 Å². The number of hydrogen-bond acceptors (Lipinski definition) is 3. The molecule has 3 rings (SSSR count). The molecule has 1 aliphatic carbocycles. The van der Waals surface area contributed by atoms with Crippen molar-refractivity contribution in [2.24, 2.45) is 5.92 Å². The molecule has 1 amide bonds. The lowest BCUT2D eigenvalue weighted by atomic mass is 9.88. The van der Waals surface area contributed by atoms with Gasteiger partial charge in [0.25, 0.3) is 0 Å². The number of benzene rings is 2. The number of hydrogen-bond donors (Lipinski definition) is 3. The molecule has 0 heterocycles. The minimum Gasteiger partial charge on any atom is -0.478 e. The molecule has 0 saturated heterocycles. The molecule has 0 bridgehead atoms. The van der Waals surface area contributed by atoms with Gasteiger partial charge in [0.15, 0.2) is 0 Å². The summed E-state index contributed by atoms with van der Waals surface area (Å²) < 4.78 is 14.1. The summed E-state index contributed by atoms with van der Waals surface area (Å²) in [5, 5.41) is 14.8. The average molecular weight is 370 g/mol. The van der Waals surface area contributed by atoms with Gasteiger partial charge in [0, 0.05) is 18.2 Å². The van der Waals surface area contributed by atoms with Crippen molar-refractivity contribution in [3.63, 3.8) is 0 Å². The van der Waals surface area contributed by atoms with Crippen LogP contribution in [0.1, 0.15) is 48.0 Å². The highest BCUT2D eigenvalue weighted by molar-refractivity contribution is 5.93. The summed E-state index contributed by atoms with van der Waals surface area (Å²) in [6.45, 7) is 0.460. The first kappa shape index (κ1) is 18.9. The molecule has 0 spiro atoms. The Kier molecular flexibility index (Phi) is 6.06. The quantitative estimate of drug-likeness (QED) is 0.691. The summed E-state index contributed by atoms with van der Waals surface area (Å²) in [5.74, 6) is -1.58. The Balaban J connectivity index is 1.62. The van der Waals surface area contributed by atoms with E-state index in [2.05, 4.69) is 10.6 Å². The van der Waals surface area contributed by atoms with Crippen molar-refractivity contribution in [2.45, 2.75) is 38.6 Å². The number of carboxylic acid groups (broad SMARTS) is 1. The minimum atomic E-state index is -0.966. The highest BCUT2D eigenvalue weighted by Gasteiger charge is 2.22. The Morgan fingerprint density at radius 2 is 1.74 bits per heavy atom. The molecule has 1 aliphatic rings. The molecule has 0 unspecified atom stereocenters. The van der Waals surface area contributed by atoms with Gasteiger partial charge < -0.3 is 15.7 Å². The van der Waals surface area contributed by atoms with Crippen molar-refractivity contribution in [3.05, 3.63) is 59.4 Å². The van der Waals surface area contributed by atoms with E-state index < -0.39 is 11.8 Å². The normalized spacial score (nSPS) is 14.6. The molecule has 0 aliphatic heterocycles. The van der Waals surface area contributed by atoms with Gasteiger partial charge in [0.2, 0.25) is 5.91 Å². The number of anilines is 2. The van der Waals surface area contributed by atoms with Crippen molar-refractivity contribution >= 4 is 23.3 Å². The molecule has 0 atom stereocenters. The molecule has 1 fully saturated rings. The lowest BCUT2D eigenvalue weighted by molar-refractivity contribution is -0.120. The number of nitrogens with one attached hydrogen (secondary N) is 2. The summed E-state index contributed by atoms with van der Waals surface area (Å²) in [4.78, 5) is 23.2. The van der Waals surface area contributed by atoms with Crippen LogP contribution >= 0.6 is 0 Å². The Hall–Kier alpha value is -2.89. The zero-order chi connectivity index (χ0) is 19.2. The second-order valence-electron chi connectivity index (χ2n) is 6.87. The summed E-state index contributed by atoms with van der Waals surface area (Å²) in [6, 6.07) is 11.1. The monoisotopic (exact) mass is 370 g/mol. The molecule has 6 heteroatoms. The highest BCUT2D eigenvalue weighted by Crippen LogP contribution is 2.26. The predicted molar refractivity (Wildman–Crippen MR) is 102 cm³/mol. The van der Waals surface area contributed by atoms with Crippen LogP contribution in [0.5, 0.6) is 0 Å². The van der Waals surface area contributed by atoms with Crippen LogP contribution in [0, 0.1) is 11.7 Å². The van der Waals surface area contributed by atoms with E-state index in [1.165, 1.54) is 6.07 Å². The molecule has 2 aromatic rings. The zero-order valence-electron chi connectivity index (χ0n) is 15.0. The number of amides is 1. The van der Waals surface area contributed by atoms with Crippen LogP contribution in [0.25, 0.3) is 0 Å². The van der Waals surface area contributed by atoms with E-state index in [4.69, 9.17) is 5.11 Å². The maximum atomic E-state index is 14.1. The molecule has 27 heavy (non-hydrogen) atoms. The number of carbonyl (C=O) groups is 2. The summed E-state index contributed by atoms with van der Waals surface area (Å²) >= 11 is 0. The van der Waals surface area contributed by atoms with Gasteiger partial charge in [0.1, 0.15) is 5.82 Å². The molecule has 5 nitrogen and oxygen atoms in total. The van der Waals surface area contributed by atoms with E-state index in [1.807, 2.05) is 0 Å². The van der Waals surface area contributed by atoms with Crippen molar-refractivity contribution in [3.8, 4) is 0 Å². The first-order valence-corrected chi connectivity index (χ1v) is 9.19. The molecule has 1 saturated carbocycles. The van der Waals surface area contributed by atoms with Gasteiger partial charge in [-0.1, -0.05) is 31.4 Å². The first-order valence-electron chi connectivity index (χ1n) is 9.19. The largest absolute Gasteiger partial charge is 0.478 e. The van der Waals surface area contributed by atoms with Gasteiger partial charge in [-0.3, -0.25) is 4.79 Å². The van der Waals surface area contributed by atoms with Crippen LogP contribution < -0.4 is 10.6 Å². The number of carboxylic acids is 1. The SMILES string of the molecule is O=C(O)c1ccc(CNc2ccc(F)c(NC(=O)C3CCCCC3)c2)cc1. The third kappa shape index (κ3) is 5.06. The van der Waals surface area contributed by atoms with Crippen LogP contribution in [0.2, 0.25) is 0 Å². The van der Waals surface area contributed by atoms with Crippen molar-refractivity contribution in [1.29, 1.82) is 0 Å². The van der Waals surface area contributed by atoms with E-state index in [-0.39, 0.29) is 23.1 Å². The highest BCUT2D eigenvalue weighted by atomic mass is 19.1. The van der Waals surface area contributed by atoms with Crippen LogP contribution in [-0.2, 0) is 11.3 Å². The van der Waals surface area contributed by atoms with Crippen molar-refractivity contribution in [1.82, 2.24) is 0 Å². The van der Waals surface area contributed by atoms with Crippen LogP contribution in [0.15, 0.2) is 42.5 Å². The third-order valence-electron chi connectivity index (χ3n) is 4.90. The summed E-state index contributed by atoms with van der Waals surface area (Å²) in [6.07, 6.45) is 4.96. The molecule has 2 aromatic carbocycles. The van der Waals surface area contributed by atoms with Crippen LogP contribution in [0.3, 0.4) is 0 Å². The maximum absolute atomic E-state index is 14.1. The van der Waals surface area contributed by atoms with E-state index in [0.29, 0.717) is 12.2 Å². The van der Waals surface area contributed by atoms with Gasteiger partial charge in [-0.15, -0.1) is 0 Å². The average Bonchev–Trinajstić information content (AvgIpc) is 2.69. The molecular formula is C21H23FN2O3. The van der Waals surface area contributed by atoms with Crippen LogP contribution in [-0.4, -0.2) is 17.0 Å². The molecule has 0 radical (unpaired) electrons. The molecule has 3 N–H and O–H groups in total. The van der Waals surface area contributed by atoms with E-state index in [1.54, 1.807) is 36.4 Å². The molecule has 142 valence electrons. The van der Waals surface area contributed by atoms with E-state index >= 15 is 0 Å². The van der Waals surface area contributed by atoms with Gasteiger partial charge in [-0.2, -0.15) is 0 Å². The fourth-order valence-electron chi connectivity index (χ4n) is 3.30. The minimum absolute atomic E-state index is 0.0393. The fraction of sp³-hybridized carbons (Fsp3) is 0.333. The van der Waals surface area contributed by atoms with Gasteiger partial charge >= 0.3 is 5.97 Å². The number of rotatable bonds is 6. The summed E-state index contributed by atoms with van der Waals surface area (Å²) in [5.41, 5.74) is 1.99. The molecular weight excluding hydrogens is 347 g/mol. The van der Waals surface area contributed by atoms with Crippen LogP contribution in [0.4, 0.5) is 15.8 Å². The van der Waals surface area contributed by atoms with Gasteiger partial charge in [0.05, 0.1) is 11.3 Å². The predicted octanol–water partition coefficient (Wildman–Crippen LogP) is 4.65.